The van der Waals surface area contributed by atoms with Gasteiger partial charge in [-0.05, 0) is 43.7 Å². The van der Waals surface area contributed by atoms with Gasteiger partial charge >= 0.3 is 0 Å². The van der Waals surface area contributed by atoms with E-state index in [0.29, 0.717) is 22.1 Å². The monoisotopic (exact) mass is 362 g/mol. The predicted octanol–water partition coefficient (Wildman–Crippen LogP) is 3.34. The molecule has 24 heavy (non-hydrogen) atoms. The lowest BCUT2D eigenvalue weighted by Crippen LogP contribution is -2.14. The van der Waals surface area contributed by atoms with Gasteiger partial charge in [-0.2, -0.15) is 0 Å². The number of aromatic nitrogens is 3. The fraction of sp³-hybridized carbons (Fsp3) is 0.125. The summed E-state index contributed by atoms with van der Waals surface area (Å²) in [5.41, 5.74) is 0.987. The molecule has 0 aliphatic carbocycles. The SMILES string of the molecule is Cc1ccc(Cl)cc1S(=O)(=O)Nc1ccc(-n2ccnc2C)nc1. The van der Waals surface area contributed by atoms with E-state index in [4.69, 9.17) is 11.6 Å². The second-order valence-corrected chi connectivity index (χ2v) is 7.35. The Bertz CT molecular complexity index is 982. The summed E-state index contributed by atoms with van der Waals surface area (Å²) in [6.07, 6.45) is 4.93. The molecule has 6 nitrogen and oxygen atoms in total. The van der Waals surface area contributed by atoms with Crippen LogP contribution in [-0.4, -0.2) is 23.0 Å². The Balaban J connectivity index is 1.88. The van der Waals surface area contributed by atoms with Crippen molar-refractivity contribution in [1.82, 2.24) is 14.5 Å². The quantitative estimate of drug-likeness (QED) is 0.772. The Morgan fingerprint density at radius 2 is 1.92 bits per heavy atom. The largest absolute Gasteiger partial charge is 0.288 e. The molecular weight excluding hydrogens is 348 g/mol. The summed E-state index contributed by atoms with van der Waals surface area (Å²) in [5.74, 6) is 1.46. The van der Waals surface area contributed by atoms with Gasteiger partial charge in [0.15, 0.2) is 0 Å². The average molecular weight is 363 g/mol. The molecule has 2 heterocycles. The Morgan fingerprint density at radius 1 is 1.12 bits per heavy atom. The van der Waals surface area contributed by atoms with Crippen molar-refractivity contribution in [2.75, 3.05) is 4.72 Å². The second kappa shape index (κ2) is 6.26. The summed E-state index contributed by atoms with van der Waals surface area (Å²) >= 11 is 5.91. The number of hydrogen-bond acceptors (Lipinski definition) is 4. The van der Waals surface area contributed by atoms with E-state index in [1.165, 1.54) is 12.3 Å². The fourth-order valence-corrected chi connectivity index (χ4v) is 3.83. The normalized spacial score (nSPS) is 11.5. The van der Waals surface area contributed by atoms with Crippen molar-refractivity contribution in [2.45, 2.75) is 18.7 Å². The Morgan fingerprint density at radius 3 is 2.54 bits per heavy atom. The van der Waals surface area contributed by atoms with Crippen LogP contribution in [0, 0.1) is 13.8 Å². The van der Waals surface area contributed by atoms with Crippen LogP contribution in [0.2, 0.25) is 5.02 Å². The second-order valence-electron chi connectivity index (χ2n) is 5.26. The molecule has 1 aromatic carbocycles. The lowest BCUT2D eigenvalue weighted by molar-refractivity contribution is 0.600. The number of aryl methyl sites for hydroxylation is 2. The number of hydrogen-bond donors (Lipinski definition) is 1. The highest BCUT2D eigenvalue weighted by molar-refractivity contribution is 7.92. The van der Waals surface area contributed by atoms with Gasteiger partial charge in [0.1, 0.15) is 11.6 Å². The highest BCUT2D eigenvalue weighted by Crippen LogP contribution is 2.23. The number of sulfonamides is 1. The summed E-state index contributed by atoms with van der Waals surface area (Å²) in [4.78, 5) is 8.54. The van der Waals surface area contributed by atoms with Crippen LogP contribution in [0.15, 0.2) is 53.8 Å². The minimum atomic E-state index is -3.73. The molecule has 124 valence electrons. The number of benzene rings is 1. The number of halogens is 1. The molecule has 0 unspecified atom stereocenters. The number of nitrogens with zero attached hydrogens (tertiary/aromatic N) is 3. The van der Waals surface area contributed by atoms with Crippen LogP contribution in [0.4, 0.5) is 5.69 Å². The molecule has 0 spiro atoms. The van der Waals surface area contributed by atoms with Gasteiger partial charge in [-0.1, -0.05) is 17.7 Å². The minimum absolute atomic E-state index is 0.143. The summed E-state index contributed by atoms with van der Waals surface area (Å²) < 4.78 is 29.4. The molecule has 1 N–H and O–H groups in total. The first-order valence-corrected chi connectivity index (χ1v) is 8.98. The molecule has 0 saturated carbocycles. The molecule has 0 bridgehead atoms. The number of nitrogens with one attached hydrogen (secondary N) is 1. The van der Waals surface area contributed by atoms with Crippen LogP contribution in [-0.2, 0) is 10.0 Å². The molecule has 3 rings (SSSR count). The lowest BCUT2D eigenvalue weighted by atomic mass is 10.2. The van der Waals surface area contributed by atoms with E-state index < -0.39 is 10.0 Å². The molecule has 0 aliphatic rings. The van der Waals surface area contributed by atoms with Crippen molar-refractivity contribution in [2.24, 2.45) is 0 Å². The smallest absolute Gasteiger partial charge is 0.262 e. The van der Waals surface area contributed by atoms with Gasteiger partial charge in [0.05, 0.1) is 16.8 Å². The van der Waals surface area contributed by atoms with Gasteiger partial charge in [0.25, 0.3) is 10.0 Å². The fourth-order valence-electron chi connectivity index (χ4n) is 2.28. The van der Waals surface area contributed by atoms with Gasteiger partial charge in [-0.3, -0.25) is 9.29 Å². The van der Waals surface area contributed by atoms with Crippen LogP contribution >= 0.6 is 11.6 Å². The van der Waals surface area contributed by atoms with Gasteiger partial charge in [0, 0.05) is 17.4 Å². The number of anilines is 1. The van der Waals surface area contributed by atoms with E-state index in [1.807, 2.05) is 6.92 Å². The summed E-state index contributed by atoms with van der Waals surface area (Å²) in [7, 11) is -3.73. The highest BCUT2D eigenvalue weighted by atomic mass is 35.5. The van der Waals surface area contributed by atoms with Crippen LogP contribution in [0.25, 0.3) is 5.82 Å². The third-order valence-corrected chi connectivity index (χ3v) is 5.27. The lowest BCUT2D eigenvalue weighted by Gasteiger charge is -2.11. The van der Waals surface area contributed by atoms with Crippen molar-refractivity contribution in [3.8, 4) is 5.82 Å². The predicted molar refractivity (Wildman–Crippen MR) is 93.1 cm³/mol. The first kappa shape index (κ1) is 16.5. The van der Waals surface area contributed by atoms with Crippen LogP contribution in [0.1, 0.15) is 11.4 Å². The molecule has 8 heteroatoms. The third kappa shape index (κ3) is 3.27. The number of imidazole rings is 1. The van der Waals surface area contributed by atoms with Gasteiger partial charge in [-0.25, -0.2) is 18.4 Å². The third-order valence-electron chi connectivity index (χ3n) is 3.51. The molecule has 0 radical (unpaired) electrons. The molecule has 0 aliphatic heterocycles. The Hall–Kier alpha value is -2.38. The maximum atomic E-state index is 12.5. The first-order chi connectivity index (χ1) is 11.4. The zero-order chi connectivity index (χ0) is 17.3. The number of pyridine rings is 1. The van der Waals surface area contributed by atoms with E-state index in [1.54, 1.807) is 48.1 Å². The molecule has 2 aromatic heterocycles. The first-order valence-electron chi connectivity index (χ1n) is 7.12. The minimum Gasteiger partial charge on any atom is -0.288 e. The zero-order valence-electron chi connectivity index (χ0n) is 13.1. The molecule has 3 aromatic rings. The van der Waals surface area contributed by atoms with E-state index in [0.717, 1.165) is 5.82 Å². The maximum Gasteiger partial charge on any atom is 0.262 e. The van der Waals surface area contributed by atoms with Crippen molar-refractivity contribution in [3.05, 3.63) is 65.3 Å². The Kier molecular flexibility index (Phi) is 4.29. The average Bonchev–Trinajstić information content (AvgIpc) is 2.96. The highest BCUT2D eigenvalue weighted by Gasteiger charge is 2.17. The standard InChI is InChI=1S/C16H15ClN4O2S/c1-11-3-4-13(17)9-15(11)24(22,23)20-14-5-6-16(19-10-14)21-8-7-18-12(21)2/h3-10,20H,1-2H3. The summed E-state index contributed by atoms with van der Waals surface area (Å²) in [6.45, 7) is 3.58. The van der Waals surface area contributed by atoms with E-state index >= 15 is 0 Å². The summed E-state index contributed by atoms with van der Waals surface area (Å²) in [5, 5.41) is 0.366. The van der Waals surface area contributed by atoms with Crippen molar-refractivity contribution < 1.29 is 8.42 Å². The van der Waals surface area contributed by atoms with Crippen LogP contribution < -0.4 is 4.72 Å². The van der Waals surface area contributed by atoms with E-state index in [2.05, 4.69) is 14.7 Å². The van der Waals surface area contributed by atoms with Gasteiger partial charge < -0.3 is 0 Å². The van der Waals surface area contributed by atoms with Gasteiger partial charge in [-0.15, -0.1) is 0 Å². The van der Waals surface area contributed by atoms with Gasteiger partial charge in [0.2, 0.25) is 0 Å². The number of rotatable bonds is 4. The molecule has 0 amide bonds. The van der Waals surface area contributed by atoms with Crippen molar-refractivity contribution >= 4 is 27.3 Å². The van der Waals surface area contributed by atoms with Crippen LogP contribution in [0.3, 0.4) is 0 Å². The van der Waals surface area contributed by atoms with Crippen molar-refractivity contribution in [1.29, 1.82) is 0 Å². The van der Waals surface area contributed by atoms with E-state index in [-0.39, 0.29) is 4.90 Å². The topological polar surface area (TPSA) is 76.9 Å². The maximum absolute atomic E-state index is 12.5. The van der Waals surface area contributed by atoms with E-state index in [9.17, 15) is 8.42 Å². The molecule has 0 atom stereocenters. The van der Waals surface area contributed by atoms with Crippen LogP contribution in [0.5, 0.6) is 0 Å². The molecular formula is C16H15ClN4O2S. The molecule has 0 saturated heterocycles. The Labute approximate surface area is 145 Å². The van der Waals surface area contributed by atoms with Crippen molar-refractivity contribution in [3.63, 3.8) is 0 Å². The molecule has 0 fully saturated rings. The zero-order valence-corrected chi connectivity index (χ0v) is 14.6. The summed E-state index contributed by atoms with van der Waals surface area (Å²) in [6, 6.07) is 8.12.